The van der Waals surface area contributed by atoms with Gasteiger partial charge in [-0.3, -0.25) is 0 Å². The molecule has 1 saturated heterocycles. The highest BCUT2D eigenvalue weighted by atomic mass is 16.3. The van der Waals surface area contributed by atoms with Crippen molar-refractivity contribution >= 4 is 6.03 Å². The van der Waals surface area contributed by atoms with Gasteiger partial charge in [0.2, 0.25) is 0 Å². The van der Waals surface area contributed by atoms with E-state index in [4.69, 9.17) is 0 Å². The van der Waals surface area contributed by atoms with Gasteiger partial charge in [-0.1, -0.05) is 13.8 Å². The lowest BCUT2D eigenvalue weighted by Gasteiger charge is -2.36. The summed E-state index contributed by atoms with van der Waals surface area (Å²) in [6.45, 7) is 5.58. The molecule has 104 valence electrons. The molecular formula is C14H26N2O2. The van der Waals surface area contributed by atoms with Crippen molar-refractivity contribution in [2.24, 2.45) is 11.8 Å². The fourth-order valence-corrected chi connectivity index (χ4v) is 2.90. The van der Waals surface area contributed by atoms with Crippen LogP contribution >= 0.6 is 0 Å². The molecule has 4 heteroatoms. The second-order valence-electron chi connectivity index (χ2n) is 6.19. The normalized spacial score (nSPS) is 37.4. The van der Waals surface area contributed by atoms with Crippen molar-refractivity contribution in [3.63, 3.8) is 0 Å². The van der Waals surface area contributed by atoms with Crippen molar-refractivity contribution in [2.45, 2.75) is 58.1 Å². The first-order valence-corrected chi connectivity index (χ1v) is 7.29. The van der Waals surface area contributed by atoms with Gasteiger partial charge in [-0.25, -0.2) is 4.79 Å². The molecule has 0 aromatic heterocycles. The van der Waals surface area contributed by atoms with E-state index in [0.29, 0.717) is 18.5 Å². The van der Waals surface area contributed by atoms with Crippen LogP contribution < -0.4 is 5.32 Å². The van der Waals surface area contributed by atoms with Crippen molar-refractivity contribution in [3.8, 4) is 0 Å². The maximum absolute atomic E-state index is 12.1. The van der Waals surface area contributed by atoms with Crippen molar-refractivity contribution in [2.75, 3.05) is 13.1 Å². The first-order valence-electron chi connectivity index (χ1n) is 7.29. The molecule has 0 aromatic carbocycles. The van der Waals surface area contributed by atoms with E-state index in [1.807, 2.05) is 6.92 Å². The number of nitrogens with zero attached hydrogens (tertiary/aromatic N) is 1. The third-order valence-corrected chi connectivity index (χ3v) is 4.55. The van der Waals surface area contributed by atoms with Crippen molar-refractivity contribution < 1.29 is 9.90 Å². The summed E-state index contributed by atoms with van der Waals surface area (Å²) in [5.74, 6) is 1.11. The molecule has 2 amide bonds. The number of rotatable bonds is 1. The van der Waals surface area contributed by atoms with E-state index in [0.717, 1.165) is 31.7 Å². The molecule has 2 unspecified atom stereocenters. The monoisotopic (exact) mass is 254 g/mol. The molecule has 4 nitrogen and oxygen atoms in total. The minimum Gasteiger partial charge on any atom is -0.391 e. The van der Waals surface area contributed by atoms with Crippen LogP contribution in [0.4, 0.5) is 4.79 Å². The fourth-order valence-electron chi connectivity index (χ4n) is 2.90. The molecule has 18 heavy (non-hydrogen) atoms. The summed E-state index contributed by atoms with van der Waals surface area (Å²) in [7, 11) is 0. The molecule has 2 rings (SSSR count). The predicted molar refractivity (Wildman–Crippen MR) is 71.3 cm³/mol. The molecule has 0 radical (unpaired) electrons. The Bertz CT molecular complexity index is 288. The quantitative estimate of drug-likeness (QED) is 0.752. The average molecular weight is 254 g/mol. The topological polar surface area (TPSA) is 52.6 Å². The number of β-amino-alcohol motifs (C(OH)–C–C–N with tert-alkyl or cyclic N) is 1. The van der Waals surface area contributed by atoms with Gasteiger partial charge in [0.1, 0.15) is 0 Å². The Labute approximate surface area is 110 Å². The standard InChI is InChI=1S/C14H26N2O2/c1-10-3-5-12(6-4-10)15-14(18)16-8-7-11(2)13(17)9-16/h10-13,17H,3-9H2,1-2H3,(H,15,18). The fraction of sp³-hybridized carbons (Fsp3) is 0.929. The molecule has 2 aliphatic rings. The van der Waals surface area contributed by atoms with Gasteiger partial charge in [-0.05, 0) is 43.9 Å². The van der Waals surface area contributed by atoms with Crippen molar-refractivity contribution in [3.05, 3.63) is 0 Å². The predicted octanol–water partition coefficient (Wildman–Crippen LogP) is 1.98. The number of carbonyl (C=O) groups excluding carboxylic acids is 1. The van der Waals surface area contributed by atoms with Crippen LogP contribution in [-0.2, 0) is 0 Å². The molecule has 1 heterocycles. The van der Waals surface area contributed by atoms with Crippen LogP contribution in [0.2, 0.25) is 0 Å². The number of nitrogens with one attached hydrogen (secondary N) is 1. The summed E-state index contributed by atoms with van der Waals surface area (Å²) < 4.78 is 0. The summed E-state index contributed by atoms with van der Waals surface area (Å²) in [6.07, 6.45) is 5.15. The van der Waals surface area contributed by atoms with E-state index in [1.165, 1.54) is 12.8 Å². The highest BCUT2D eigenvalue weighted by molar-refractivity contribution is 5.74. The minimum absolute atomic E-state index is 0.0144. The van der Waals surface area contributed by atoms with Crippen LogP contribution in [0.3, 0.4) is 0 Å². The Morgan fingerprint density at radius 3 is 2.44 bits per heavy atom. The number of aliphatic hydroxyl groups excluding tert-OH is 1. The smallest absolute Gasteiger partial charge is 0.317 e. The van der Waals surface area contributed by atoms with Gasteiger partial charge in [-0.15, -0.1) is 0 Å². The second-order valence-corrected chi connectivity index (χ2v) is 6.19. The second kappa shape index (κ2) is 5.91. The Balaban J connectivity index is 1.78. The van der Waals surface area contributed by atoms with E-state index >= 15 is 0 Å². The number of amides is 2. The van der Waals surface area contributed by atoms with Gasteiger partial charge in [0.15, 0.2) is 0 Å². The number of carbonyl (C=O) groups is 1. The number of aliphatic hydroxyl groups is 1. The molecule has 1 saturated carbocycles. The third-order valence-electron chi connectivity index (χ3n) is 4.55. The van der Waals surface area contributed by atoms with Gasteiger partial charge in [-0.2, -0.15) is 0 Å². The lowest BCUT2D eigenvalue weighted by Crippen LogP contribution is -2.52. The van der Waals surface area contributed by atoms with Crippen LogP contribution in [-0.4, -0.2) is 41.3 Å². The number of likely N-dealkylation sites (tertiary alicyclic amines) is 1. The molecule has 2 atom stereocenters. The molecule has 2 N–H and O–H groups in total. The van der Waals surface area contributed by atoms with Crippen LogP contribution in [0.1, 0.15) is 46.0 Å². The molecule has 0 spiro atoms. The zero-order valence-electron chi connectivity index (χ0n) is 11.6. The Morgan fingerprint density at radius 2 is 1.83 bits per heavy atom. The zero-order chi connectivity index (χ0) is 13.1. The summed E-state index contributed by atoms with van der Waals surface area (Å²) in [6, 6.07) is 0.352. The number of piperidine rings is 1. The Morgan fingerprint density at radius 1 is 1.17 bits per heavy atom. The first-order chi connectivity index (χ1) is 8.56. The van der Waals surface area contributed by atoms with Gasteiger partial charge in [0, 0.05) is 19.1 Å². The summed E-state index contributed by atoms with van der Waals surface area (Å²) in [5, 5.41) is 12.9. The van der Waals surface area contributed by atoms with E-state index in [-0.39, 0.29) is 12.1 Å². The molecule has 0 bridgehead atoms. The van der Waals surface area contributed by atoms with Crippen LogP contribution in [0.5, 0.6) is 0 Å². The average Bonchev–Trinajstić information content (AvgIpc) is 2.35. The van der Waals surface area contributed by atoms with Gasteiger partial charge in [0.25, 0.3) is 0 Å². The van der Waals surface area contributed by atoms with E-state index in [1.54, 1.807) is 4.90 Å². The summed E-state index contributed by atoms with van der Waals surface area (Å²) in [5.41, 5.74) is 0. The molecule has 0 aromatic rings. The maximum Gasteiger partial charge on any atom is 0.317 e. The van der Waals surface area contributed by atoms with Gasteiger partial charge < -0.3 is 15.3 Å². The van der Waals surface area contributed by atoms with E-state index in [9.17, 15) is 9.90 Å². The highest BCUT2D eigenvalue weighted by Crippen LogP contribution is 2.24. The zero-order valence-corrected chi connectivity index (χ0v) is 11.6. The van der Waals surface area contributed by atoms with Crippen LogP contribution in [0, 0.1) is 11.8 Å². The van der Waals surface area contributed by atoms with E-state index in [2.05, 4.69) is 12.2 Å². The largest absolute Gasteiger partial charge is 0.391 e. The molecule has 2 fully saturated rings. The molecule has 1 aliphatic heterocycles. The first kappa shape index (κ1) is 13.7. The minimum atomic E-state index is -0.365. The number of hydrogen-bond acceptors (Lipinski definition) is 2. The maximum atomic E-state index is 12.1. The lowest BCUT2D eigenvalue weighted by atomic mass is 9.87. The van der Waals surface area contributed by atoms with Crippen LogP contribution in [0.15, 0.2) is 0 Å². The van der Waals surface area contributed by atoms with Gasteiger partial charge in [0.05, 0.1) is 6.10 Å². The Kier molecular flexibility index (Phi) is 4.49. The molecule has 1 aliphatic carbocycles. The SMILES string of the molecule is CC1CCC(NC(=O)N2CCC(C)C(O)C2)CC1. The van der Waals surface area contributed by atoms with Crippen molar-refractivity contribution in [1.82, 2.24) is 10.2 Å². The number of urea groups is 1. The lowest BCUT2D eigenvalue weighted by molar-refractivity contribution is 0.0426. The summed E-state index contributed by atoms with van der Waals surface area (Å²) >= 11 is 0. The Hall–Kier alpha value is -0.770. The number of hydrogen-bond donors (Lipinski definition) is 2. The van der Waals surface area contributed by atoms with Crippen molar-refractivity contribution in [1.29, 1.82) is 0 Å². The highest BCUT2D eigenvalue weighted by Gasteiger charge is 2.28. The molecular weight excluding hydrogens is 228 g/mol. The summed E-state index contributed by atoms with van der Waals surface area (Å²) in [4.78, 5) is 13.9. The van der Waals surface area contributed by atoms with E-state index < -0.39 is 0 Å². The van der Waals surface area contributed by atoms with Gasteiger partial charge >= 0.3 is 6.03 Å². The third kappa shape index (κ3) is 3.37. The van der Waals surface area contributed by atoms with Crippen LogP contribution in [0.25, 0.3) is 0 Å².